The van der Waals surface area contributed by atoms with Crippen LogP contribution in [0.3, 0.4) is 0 Å². The predicted octanol–water partition coefficient (Wildman–Crippen LogP) is 7.34. The summed E-state index contributed by atoms with van der Waals surface area (Å²) in [6, 6.07) is 8.81. The summed E-state index contributed by atoms with van der Waals surface area (Å²) >= 11 is 0. The van der Waals surface area contributed by atoms with Crippen LogP contribution in [0.15, 0.2) is 35.2 Å². The molecule has 0 aromatic heterocycles. The summed E-state index contributed by atoms with van der Waals surface area (Å²) in [5.41, 5.74) is 1.10. The van der Waals surface area contributed by atoms with Crippen molar-refractivity contribution in [3.05, 3.63) is 35.9 Å². The highest BCUT2D eigenvalue weighted by Gasteiger charge is 2.19. The van der Waals surface area contributed by atoms with Gasteiger partial charge in [-0.3, -0.25) is 4.55 Å². The minimum atomic E-state index is -4.31. The Labute approximate surface area is 182 Å². The Morgan fingerprint density at radius 1 is 0.800 bits per heavy atom. The zero-order valence-corrected chi connectivity index (χ0v) is 19.5. The van der Waals surface area contributed by atoms with Crippen molar-refractivity contribution in [2.45, 2.75) is 95.3 Å². The molecule has 5 heteroatoms. The van der Waals surface area contributed by atoms with E-state index in [-0.39, 0.29) is 4.90 Å². The minimum Gasteiger partial charge on any atom is -0.496 e. The van der Waals surface area contributed by atoms with E-state index in [0.29, 0.717) is 11.1 Å². The molecular formula is C25H38O4S. The molecule has 0 aliphatic rings. The maximum absolute atomic E-state index is 11.8. The van der Waals surface area contributed by atoms with E-state index in [1.54, 1.807) is 6.07 Å². The minimum absolute atomic E-state index is 0.0894. The average Bonchev–Trinajstić information content (AvgIpc) is 2.73. The Bertz CT molecular complexity index is 874. The molecule has 4 nitrogen and oxygen atoms in total. The molecule has 0 saturated carbocycles. The van der Waals surface area contributed by atoms with Crippen molar-refractivity contribution in [2.75, 3.05) is 7.11 Å². The van der Waals surface area contributed by atoms with Crippen molar-refractivity contribution in [1.29, 1.82) is 0 Å². The smallest absolute Gasteiger partial charge is 0.295 e. The molecule has 2 rings (SSSR count). The lowest BCUT2D eigenvalue weighted by molar-refractivity contribution is 0.418. The van der Waals surface area contributed by atoms with Crippen LogP contribution in [0.4, 0.5) is 0 Å². The van der Waals surface area contributed by atoms with Crippen molar-refractivity contribution in [3.63, 3.8) is 0 Å². The molecule has 0 saturated heterocycles. The van der Waals surface area contributed by atoms with Crippen LogP contribution in [0, 0.1) is 0 Å². The molecule has 0 atom stereocenters. The SMILES string of the molecule is CCCCCCCCCCCCCCc1ccc(S(=O)(=O)O)c2c(OC)cccc12. The van der Waals surface area contributed by atoms with Crippen LogP contribution >= 0.6 is 0 Å². The molecule has 1 N–H and O–H groups in total. The Kier molecular flexibility index (Phi) is 10.7. The fourth-order valence-electron chi connectivity index (χ4n) is 4.16. The van der Waals surface area contributed by atoms with Crippen molar-refractivity contribution < 1.29 is 17.7 Å². The third kappa shape index (κ3) is 7.59. The number of unbranched alkanes of at least 4 members (excludes halogenated alkanes) is 11. The van der Waals surface area contributed by atoms with Crippen LogP contribution in [0.25, 0.3) is 10.8 Å². The number of hydrogen-bond acceptors (Lipinski definition) is 3. The highest BCUT2D eigenvalue weighted by atomic mass is 32.2. The molecule has 0 fully saturated rings. The summed E-state index contributed by atoms with van der Waals surface area (Å²) < 4.78 is 38.6. The van der Waals surface area contributed by atoms with Gasteiger partial charge < -0.3 is 4.74 Å². The van der Waals surface area contributed by atoms with E-state index in [1.165, 1.54) is 83.8 Å². The van der Waals surface area contributed by atoms with Gasteiger partial charge in [0.15, 0.2) is 0 Å². The standard InChI is InChI=1S/C25H38O4S/c1-3-4-5-6-7-8-9-10-11-12-13-14-16-21-19-20-24(30(26,27)28)25-22(21)17-15-18-23(25)29-2/h15,17-20H,3-14,16H2,1-2H3,(H,26,27,28). The monoisotopic (exact) mass is 434 g/mol. The van der Waals surface area contributed by atoms with Crippen LogP contribution in [0.2, 0.25) is 0 Å². The van der Waals surface area contributed by atoms with Crippen molar-refractivity contribution in [2.24, 2.45) is 0 Å². The lowest BCUT2D eigenvalue weighted by Gasteiger charge is -2.13. The number of aryl methyl sites for hydroxylation is 1. The lowest BCUT2D eigenvalue weighted by Crippen LogP contribution is -2.02. The highest BCUT2D eigenvalue weighted by molar-refractivity contribution is 7.86. The van der Waals surface area contributed by atoms with Gasteiger partial charge in [-0.25, -0.2) is 0 Å². The second kappa shape index (κ2) is 13.0. The topological polar surface area (TPSA) is 63.6 Å². The Balaban J connectivity index is 1.81. The first-order chi connectivity index (χ1) is 14.5. The van der Waals surface area contributed by atoms with Gasteiger partial charge in [0.25, 0.3) is 10.1 Å². The average molecular weight is 435 g/mol. The zero-order chi connectivity index (χ0) is 21.8. The largest absolute Gasteiger partial charge is 0.496 e. The second-order valence-electron chi connectivity index (χ2n) is 8.22. The van der Waals surface area contributed by atoms with Crippen molar-refractivity contribution >= 4 is 20.9 Å². The Hall–Kier alpha value is -1.59. The van der Waals surface area contributed by atoms with E-state index in [4.69, 9.17) is 4.74 Å². The van der Waals surface area contributed by atoms with Gasteiger partial charge in [0.1, 0.15) is 10.6 Å². The fraction of sp³-hybridized carbons (Fsp3) is 0.600. The van der Waals surface area contributed by atoms with E-state index in [2.05, 4.69) is 6.92 Å². The molecule has 0 aliphatic carbocycles. The Morgan fingerprint density at radius 3 is 1.90 bits per heavy atom. The van der Waals surface area contributed by atoms with E-state index >= 15 is 0 Å². The molecular weight excluding hydrogens is 396 g/mol. The first-order valence-corrected chi connectivity index (χ1v) is 13.0. The summed E-state index contributed by atoms with van der Waals surface area (Å²) in [7, 11) is -2.79. The maximum Gasteiger partial charge on any atom is 0.295 e. The summed E-state index contributed by atoms with van der Waals surface area (Å²) in [6.45, 7) is 2.26. The van der Waals surface area contributed by atoms with Crippen LogP contribution < -0.4 is 4.74 Å². The van der Waals surface area contributed by atoms with Crippen LogP contribution in [-0.2, 0) is 16.5 Å². The lowest BCUT2D eigenvalue weighted by atomic mass is 9.98. The van der Waals surface area contributed by atoms with Gasteiger partial charge in [0.05, 0.1) is 7.11 Å². The first kappa shape index (κ1) is 24.7. The normalized spacial score (nSPS) is 11.8. The third-order valence-electron chi connectivity index (χ3n) is 5.85. The molecule has 0 spiro atoms. The van der Waals surface area contributed by atoms with E-state index in [1.807, 2.05) is 18.2 Å². The highest BCUT2D eigenvalue weighted by Crippen LogP contribution is 2.34. The van der Waals surface area contributed by atoms with Crippen LogP contribution in [-0.4, -0.2) is 20.1 Å². The van der Waals surface area contributed by atoms with Gasteiger partial charge in [-0.1, -0.05) is 95.8 Å². The van der Waals surface area contributed by atoms with Gasteiger partial charge in [0, 0.05) is 5.39 Å². The molecule has 0 aliphatic heterocycles. The molecule has 0 heterocycles. The second-order valence-corrected chi connectivity index (χ2v) is 9.61. The zero-order valence-electron chi connectivity index (χ0n) is 18.7. The molecule has 2 aromatic carbocycles. The molecule has 0 unspecified atom stereocenters. The van der Waals surface area contributed by atoms with E-state index in [9.17, 15) is 13.0 Å². The summed E-state index contributed by atoms with van der Waals surface area (Å²) in [6.07, 6.45) is 16.6. The van der Waals surface area contributed by atoms with E-state index in [0.717, 1.165) is 23.8 Å². The van der Waals surface area contributed by atoms with Crippen molar-refractivity contribution in [1.82, 2.24) is 0 Å². The quantitative estimate of drug-likeness (QED) is 0.235. The maximum atomic E-state index is 11.8. The third-order valence-corrected chi connectivity index (χ3v) is 6.75. The number of hydrogen-bond donors (Lipinski definition) is 1. The molecule has 168 valence electrons. The molecule has 0 radical (unpaired) electrons. The molecule has 0 bridgehead atoms. The summed E-state index contributed by atoms with van der Waals surface area (Å²) in [4.78, 5) is -0.0894. The van der Waals surface area contributed by atoms with Gasteiger partial charge in [-0.05, 0) is 35.9 Å². The van der Waals surface area contributed by atoms with Gasteiger partial charge in [-0.2, -0.15) is 8.42 Å². The first-order valence-electron chi connectivity index (χ1n) is 11.5. The van der Waals surface area contributed by atoms with Crippen LogP contribution in [0.5, 0.6) is 5.75 Å². The molecule has 0 amide bonds. The van der Waals surface area contributed by atoms with Gasteiger partial charge in [-0.15, -0.1) is 0 Å². The fourth-order valence-corrected chi connectivity index (χ4v) is 4.87. The number of benzene rings is 2. The Morgan fingerprint density at radius 2 is 1.37 bits per heavy atom. The van der Waals surface area contributed by atoms with E-state index < -0.39 is 10.1 Å². The van der Waals surface area contributed by atoms with Crippen LogP contribution in [0.1, 0.15) is 89.5 Å². The number of methoxy groups -OCH3 is 1. The van der Waals surface area contributed by atoms with Crippen molar-refractivity contribution in [3.8, 4) is 5.75 Å². The predicted molar refractivity (Wildman–Crippen MR) is 125 cm³/mol. The molecule has 30 heavy (non-hydrogen) atoms. The van der Waals surface area contributed by atoms with Gasteiger partial charge >= 0.3 is 0 Å². The number of ether oxygens (including phenoxy) is 1. The summed E-state index contributed by atoms with van der Waals surface area (Å²) in [5.74, 6) is 0.469. The van der Waals surface area contributed by atoms with Gasteiger partial charge in [0.2, 0.25) is 0 Å². The number of fused-ring (bicyclic) bond motifs is 1. The number of rotatable bonds is 15. The summed E-state index contributed by atoms with van der Waals surface area (Å²) in [5, 5.41) is 1.31. The molecule has 2 aromatic rings.